The number of carbonyl (C=O) groups is 1. The van der Waals surface area contributed by atoms with E-state index in [9.17, 15) is 9.90 Å². The second-order valence-corrected chi connectivity index (χ2v) is 3.95. The lowest BCUT2D eigenvalue weighted by Gasteiger charge is -2.19. The molecule has 0 radical (unpaired) electrons. The van der Waals surface area contributed by atoms with Crippen LogP contribution in [-0.4, -0.2) is 27.7 Å². The van der Waals surface area contributed by atoms with Crippen LogP contribution in [0.3, 0.4) is 0 Å². The molecule has 0 aliphatic heterocycles. The molecule has 0 saturated heterocycles. The molecule has 5 heteroatoms. The van der Waals surface area contributed by atoms with Gasteiger partial charge in [0.1, 0.15) is 17.3 Å². The monoisotopic (exact) mass is 210 g/mol. The number of esters is 1. The molecule has 1 heterocycles. The zero-order valence-corrected chi connectivity index (χ0v) is 8.80. The Labute approximate surface area is 87.7 Å². The predicted octanol–water partition coefficient (Wildman–Crippen LogP) is 0.407. The van der Waals surface area contributed by atoms with Gasteiger partial charge in [-0.25, -0.2) is 4.98 Å². The summed E-state index contributed by atoms with van der Waals surface area (Å²) in [7, 11) is 3.13. The number of aliphatic hydroxyl groups excluding tert-OH is 1. The van der Waals surface area contributed by atoms with E-state index >= 15 is 0 Å². The van der Waals surface area contributed by atoms with Crippen LogP contribution in [0.1, 0.15) is 24.8 Å². The summed E-state index contributed by atoms with van der Waals surface area (Å²) in [5.41, 5.74) is -0.756. The first-order valence-electron chi connectivity index (χ1n) is 4.85. The molecule has 1 N–H and O–H groups in total. The summed E-state index contributed by atoms with van der Waals surface area (Å²) >= 11 is 0. The molecule has 0 spiro atoms. The topological polar surface area (TPSA) is 64.3 Å². The molecule has 1 aromatic heterocycles. The fourth-order valence-corrected chi connectivity index (χ4v) is 1.81. The van der Waals surface area contributed by atoms with Crippen LogP contribution in [-0.2, 0) is 16.6 Å². The van der Waals surface area contributed by atoms with Gasteiger partial charge in [0.2, 0.25) is 0 Å². The van der Waals surface area contributed by atoms with Gasteiger partial charge in [0.25, 0.3) is 0 Å². The molecule has 15 heavy (non-hydrogen) atoms. The van der Waals surface area contributed by atoms with Crippen molar-refractivity contribution >= 4 is 5.97 Å². The maximum absolute atomic E-state index is 11.5. The summed E-state index contributed by atoms with van der Waals surface area (Å²) in [6.45, 7) is 0. The fourth-order valence-electron chi connectivity index (χ4n) is 1.81. The van der Waals surface area contributed by atoms with Gasteiger partial charge in [-0.3, -0.25) is 4.79 Å². The van der Waals surface area contributed by atoms with Gasteiger partial charge in [0.05, 0.1) is 7.11 Å². The molecule has 82 valence electrons. The summed E-state index contributed by atoms with van der Waals surface area (Å²) < 4.78 is 6.42. The van der Waals surface area contributed by atoms with Crippen LogP contribution in [0.25, 0.3) is 0 Å². The Morgan fingerprint density at radius 1 is 1.73 bits per heavy atom. The van der Waals surface area contributed by atoms with Crippen molar-refractivity contribution in [3.63, 3.8) is 0 Å². The summed E-state index contributed by atoms with van der Waals surface area (Å²) in [5.74, 6) is 0.163. The Morgan fingerprint density at radius 2 is 2.40 bits per heavy atom. The Bertz CT molecular complexity index is 382. The number of nitrogens with zero attached hydrogens (tertiary/aromatic N) is 2. The number of aliphatic hydroxyl groups is 1. The third-order valence-electron chi connectivity index (χ3n) is 3.01. The number of aryl methyl sites for hydroxylation is 1. The highest BCUT2D eigenvalue weighted by Crippen LogP contribution is 2.55. The Morgan fingerprint density at radius 3 is 2.80 bits per heavy atom. The number of aromatic nitrogens is 2. The summed E-state index contributed by atoms with van der Waals surface area (Å²) in [6, 6.07) is 0. The molecule has 1 aliphatic carbocycles. The number of methoxy groups -OCH3 is 1. The molecular formula is C10H14N2O3. The third kappa shape index (κ3) is 1.43. The van der Waals surface area contributed by atoms with Crippen molar-refractivity contribution in [1.82, 2.24) is 9.55 Å². The van der Waals surface area contributed by atoms with Crippen molar-refractivity contribution in [3.8, 4) is 0 Å². The lowest BCUT2D eigenvalue weighted by Crippen LogP contribution is -2.27. The van der Waals surface area contributed by atoms with Crippen LogP contribution in [0, 0.1) is 5.41 Å². The van der Waals surface area contributed by atoms with Crippen LogP contribution < -0.4 is 0 Å². The lowest BCUT2D eigenvalue weighted by molar-refractivity contribution is -0.152. The van der Waals surface area contributed by atoms with Gasteiger partial charge in [-0.05, 0) is 12.8 Å². The van der Waals surface area contributed by atoms with Crippen LogP contribution in [0.5, 0.6) is 0 Å². The zero-order valence-electron chi connectivity index (χ0n) is 8.80. The first-order valence-corrected chi connectivity index (χ1v) is 4.85. The highest BCUT2D eigenvalue weighted by atomic mass is 16.5. The summed E-state index contributed by atoms with van der Waals surface area (Å²) in [4.78, 5) is 15.6. The highest BCUT2D eigenvalue weighted by molar-refractivity contribution is 5.80. The average molecular weight is 210 g/mol. The van der Waals surface area contributed by atoms with E-state index in [1.807, 2.05) is 0 Å². The highest BCUT2D eigenvalue weighted by Gasteiger charge is 2.58. The molecule has 2 rings (SSSR count). The van der Waals surface area contributed by atoms with E-state index < -0.39 is 11.5 Å². The molecule has 0 aromatic carbocycles. The largest absolute Gasteiger partial charge is 0.469 e. The van der Waals surface area contributed by atoms with Gasteiger partial charge in [-0.15, -0.1) is 0 Å². The Balaban J connectivity index is 2.25. The van der Waals surface area contributed by atoms with E-state index in [0.717, 1.165) is 0 Å². The summed E-state index contributed by atoms with van der Waals surface area (Å²) in [6.07, 6.45) is 3.80. The fraction of sp³-hybridized carbons (Fsp3) is 0.600. The molecule has 0 amide bonds. The van der Waals surface area contributed by atoms with Crippen LogP contribution in [0.4, 0.5) is 0 Å². The van der Waals surface area contributed by atoms with Crippen LogP contribution in [0.2, 0.25) is 0 Å². The van der Waals surface area contributed by atoms with Crippen LogP contribution >= 0.6 is 0 Å². The van der Waals surface area contributed by atoms with Gasteiger partial charge in [0.15, 0.2) is 0 Å². The van der Waals surface area contributed by atoms with E-state index in [4.69, 9.17) is 4.74 Å². The van der Waals surface area contributed by atoms with E-state index in [1.54, 1.807) is 24.0 Å². The van der Waals surface area contributed by atoms with E-state index in [0.29, 0.717) is 18.7 Å². The number of imidazole rings is 1. The molecule has 1 aliphatic rings. The van der Waals surface area contributed by atoms with Gasteiger partial charge >= 0.3 is 5.97 Å². The molecule has 5 nitrogen and oxygen atoms in total. The first kappa shape index (κ1) is 10.2. The smallest absolute Gasteiger partial charge is 0.314 e. The molecular weight excluding hydrogens is 196 g/mol. The van der Waals surface area contributed by atoms with E-state index in [-0.39, 0.29) is 5.97 Å². The maximum atomic E-state index is 11.5. The number of hydrogen-bond acceptors (Lipinski definition) is 4. The van der Waals surface area contributed by atoms with Crippen molar-refractivity contribution in [2.24, 2.45) is 12.5 Å². The van der Waals surface area contributed by atoms with Crippen molar-refractivity contribution in [2.45, 2.75) is 18.9 Å². The number of carbonyl (C=O) groups excluding carboxylic acids is 1. The van der Waals surface area contributed by atoms with E-state index in [2.05, 4.69) is 4.98 Å². The maximum Gasteiger partial charge on any atom is 0.314 e. The van der Waals surface area contributed by atoms with Crippen molar-refractivity contribution in [2.75, 3.05) is 7.11 Å². The average Bonchev–Trinajstić information content (AvgIpc) is 2.94. The minimum Gasteiger partial charge on any atom is -0.469 e. The predicted molar refractivity (Wildman–Crippen MR) is 51.9 cm³/mol. The number of hydrogen-bond donors (Lipinski definition) is 1. The lowest BCUT2D eigenvalue weighted by atomic mass is 9.99. The standard InChI is InChI=1S/C10H14N2O3/c1-12-6-5-11-8(12)7(13)10(3-4-10)9(14)15-2/h5-7,13H,3-4H2,1-2H3/t7-/m1/s1. The zero-order chi connectivity index (χ0) is 11.1. The van der Waals surface area contributed by atoms with Crippen molar-refractivity contribution < 1.29 is 14.6 Å². The molecule has 1 fully saturated rings. The molecule has 0 unspecified atom stereocenters. The molecule has 1 aromatic rings. The molecule has 1 saturated carbocycles. The minimum atomic E-state index is -0.870. The number of ether oxygens (including phenoxy) is 1. The second-order valence-electron chi connectivity index (χ2n) is 3.95. The Kier molecular flexibility index (Phi) is 2.26. The van der Waals surface area contributed by atoms with Gasteiger partial charge < -0.3 is 14.4 Å². The number of rotatable bonds is 3. The van der Waals surface area contributed by atoms with Crippen LogP contribution in [0.15, 0.2) is 12.4 Å². The normalized spacial score (nSPS) is 19.7. The minimum absolute atomic E-state index is 0.349. The van der Waals surface area contributed by atoms with Crippen molar-refractivity contribution in [3.05, 3.63) is 18.2 Å². The second kappa shape index (κ2) is 3.34. The first-order chi connectivity index (χ1) is 7.12. The summed E-state index contributed by atoms with van der Waals surface area (Å²) in [5, 5.41) is 10.1. The quantitative estimate of drug-likeness (QED) is 0.734. The van der Waals surface area contributed by atoms with Gasteiger partial charge in [0, 0.05) is 19.4 Å². The van der Waals surface area contributed by atoms with E-state index in [1.165, 1.54) is 7.11 Å². The van der Waals surface area contributed by atoms with Crippen molar-refractivity contribution in [1.29, 1.82) is 0 Å². The molecule has 0 bridgehead atoms. The third-order valence-corrected chi connectivity index (χ3v) is 3.01. The van der Waals surface area contributed by atoms with Gasteiger partial charge in [-0.1, -0.05) is 0 Å². The molecule has 1 atom stereocenters. The SMILES string of the molecule is COC(=O)C1([C@H](O)c2nccn2C)CC1. The van der Waals surface area contributed by atoms with Gasteiger partial charge in [-0.2, -0.15) is 0 Å². The Hall–Kier alpha value is -1.36.